The van der Waals surface area contributed by atoms with Crippen molar-refractivity contribution in [2.75, 3.05) is 0 Å². The average molecular weight is 283 g/mol. The highest BCUT2D eigenvalue weighted by Gasteiger charge is 2.22. The Morgan fingerprint density at radius 2 is 1.94 bits per heavy atom. The van der Waals surface area contributed by atoms with Gasteiger partial charge in [-0.3, -0.25) is 0 Å². The molecule has 0 bridgehead atoms. The van der Waals surface area contributed by atoms with Gasteiger partial charge in [0.2, 0.25) is 0 Å². The first-order chi connectivity index (χ1) is 7.77. The van der Waals surface area contributed by atoms with E-state index in [-0.39, 0.29) is 6.10 Å². The van der Waals surface area contributed by atoms with Crippen molar-refractivity contribution in [3.05, 3.63) is 34.3 Å². The Morgan fingerprint density at radius 1 is 1.25 bits per heavy atom. The minimum absolute atomic E-state index is 0.102. The van der Waals surface area contributed by atoms with Crippen LogP contribution in [0.5, 0.6) is 0 Å². The smallest absolute Gasteiger partial charge is 0.0571 e. The first kappa shape index (κ1) is 12.1. The minimum atomic E-state index is -0.102. The van der Waals surface area contributed by atoms with Gasteiger partial charge in [-0.25, -0.2) is 0 Å². The van der Waals surface area contributed by atoms with Crippen LogP contribution in [0.3, 0.4) is 0 Å². The van der Waals surface area contributed by atoms with E-state index in [1.807, 2.05) is 6.07 Å². The van der Waals surface area contributed by atoms with Crippen LogP contribution in [0.4, 0.5) is 0 Å². The molecule has 1 saturated carbocycles. The molecule has 2 rings (SSSR count). The van der Waals surface area contributed by atoms with Crippen LogP contribution in [0, 0.1) is 5.92 Å². The maximum Gasteiger partial charge on any atom is 0.0571 e. The second-order valence-electron chi connectivity index (χ2n) is 4.74. The zero-order chi connectivity index (χ0) is 11.4. The summed E-state index contributed by atoms with van der Waals surface area (Å²) in [4.78, 5) is 0. The lowest BCUT2D eigenvalue weighted by Gasteiger charge is -2.17. The van der Waals surface area contributed by atoms with Crippen LogP contribution in [-0.2, 0) is 6.42 Å². The number of hydrogen-bond acceptors (Lipinski definition) is 1. The predicted octanol–water partition coefficient (Wildman–Crippen LogP) is 3.93. The van der Waals surface area contributed by atoms with E-state index in [4.69, 9.17) is 0 Å². The molecule has 0 heterocycles. The second-order valence-corrected chi connectivity index (χ2v) is 5.60. The van der Waals surface area contributed by atoms with Gasteiger partial charge in [0.25, 0.3) is 0 Å². The largest absolute Gasteiger partial charge is 0.393 e. The summed E-state index contributed by atoms with van der Waals surface area (Å²) < 4.78 is 1.16. The first-order valence-corrected chi connectivity index (χ1v) is 6.98. The minimum Gasteiger partial charge on any atom is -0.393 e. The molecule has 1 atom stereocenters. The van der Waals surface area contributed by atoms with E-state index in [2.05, 4.69) is 34.1 Å². The SMILES string of the molecule is OC(CCc1ccccc1Br)C1CCCC1. The summed E-state index contributed by atoms with van der Waals surface area (Å²) in [5, 5.41) is 10.1. The lowest BCUT2D eigenvalue weighted by Crippen LogP contribution is -2.18. The summed E-state index contributed by atoms with van der Waals surface area (Å²) >= 11 is 3.55. The average Bonchev–Trinajstić information content (AvgIpc) is 2.81. The van der Waals surface area contributed by atoms with E-state index in [9.17, 15) is 5.11 Å². The van der Waals surface area contributed by atoms with Crippen LogP contribution >= 0.6 is 15.9 Å². The van der Waals surface area contributed by atoms with Crippen molar-refractivity contribution >= 4 is 15.9 Å². The number of rotatable bonds is 4. The van der Waals surface area contributed by atoms with Crippen LogP contribution in [0.1, 0.15) is 37.7 Å². The van der Waals surface area contributed by atoms with Gasteiger partial charge >= 0.3 is 0 Å². The lowest BCUT2D eigenvalue weighted by atomic mass is 9.95. The number of benzene rings is 1. The lowest BCUT2D eigenvalue weighted by molar-refractivity contribution is 0.102. The zero-order valence-electron chi connectivity index (χ0n) is 9.53. The van der Waals surface area contributed by atoms with E-state index in [1.165, 1.54) is 31.2 Å². The predicted molar refractivity (Wildman–Crippen MR) is 70.4 cm³/mol. The molecule has 16 heavy (non-hydrogen) atoms. The van der Waals surface area contributed by atoms with Crippen molar-refractivity contribution in [1.82, 2.24) is 0 Å². The number of aryl methyl sites for hydroxylation is 1. The van der Waals surface area contributed by atoms with E-state index >= 15 is 0 Å². The van der Waals surface area contributed by atoms with E-state index in [0.29, 0.717) is 5.92 Å². The molecule has 0 amide bonds. The van der Waals surface area contributed by atoms with E-state index in [0.717, 1.165) is 17.3 Å². The quantitative estimate of drug-likeness (QED) is 0.887. The third kappa shape index (κ3) is 3.08. The van der Waals surface area contributed by atoms with E-state index in [1.54, 1.807) is 0 Å². The number of hydrogen-bond donors (Lipinski definition) is 1. The fourth-order valence-corrected chi connectivity index (χ4v) is 3.07. The van der Waals surface area contributed by atoms with Crippen molar-refractivity contribution in [3.8, 4) is 0 Å². The Hall–Kier alpha value is -0.340. The van der Waals surface area contributed by atoms with Crippen molar-refractivity contribution in [1.29, 1.82) is 0 Å². The second kappa shape index (κ2) is 5.83. The maximum absolute atomic E-state index is 10.1. The molecule has 0 aliphatic heterocycles. The number of aliphatic hydroxyl groups is 1. The summed E-state index contributed by atoms with van der Waals surface area (Å²) in [6, 6.07) is 8.28. The number of halogens is 1. The molecule has 1 N–H and O–H groups in total. The van der Waals surface area contributed by atoms with Gasteiger partial charge in [0, 0.05) is 4.47 Å². The molecular weight excluding hydrogens is 264 g/mol. The van der Waals surface area contributed by atoms with Gasteiger partial charge in [-0.2, -0.15) is 0 Å². The van der Waals surface area contributed by atoms with Gasteiger partial charge < -0.3 is 5.11 Å². The highest BCUT2D eigenvalue weighted by Crippen LogP contribution is 2.30. The summed E-state index contributed by atoms with van der Waals surface area (Å²) in [7, 11) is 0. The van der Waals surface area contributed by atoms with Gasteiger partial charge in [0.1, 0.15) is 0 Å². The molecule has 0 spiro atoms. The van der Waals surface area contributed by atoms with Gasteiger partial charge in [-0.15, -0.1) is 0 Å². The maximum atomic E-state index is 10.1. The third-order valence-electron chi connectivity index (χ3n) is 3.61. The van der Waals surface area contributed by atoms with Crippen LogP contribution in [0.25, 0.3) is 0 Å². The number of aliphatic hydroxyl groups excluding tert-OH is 1. The van der Waals surface area contributed by atoms with Crippen molar-refractivity contribution < 1.29 is 5.11 Å². The summed E-state index contributed by atoms with van der Waals surface area (Å²) in [6.45, 7) is 0. The standard InChI is InChI=1S/C14H19BrO/c15-13-8-4-3-5-11(13)9-10-14(16)12-6-1-2-7-12/h3-5,8,12,14,16H,1-2,6-7,9-10H2. The van der Waals surface area contributed by atoms with Gasteiger partial charge in [0.05, 0.1) is 6.10 Å². The Bertz CT molecular complexity index is 331. The van der Waals surface area contributed by atoms with Crippen molar-refractivity contribution in [2.45, 2.75) is 44.6 Å². The zero-order valence-corrected chi connectivity index (χ0v) is 11.1. The molecule has 0 saturated heterocycles. The molecule has 2 heteroatoms. The highest BCUT2D eigenvalue weighted by molar-refractivity contribution is 9.10. The molecule has 1 aromatic carbocycles. The first-order valence-electron chi connectivity index (χ1n) is 6.19. The highest BCUT2D eigenvalue weighted by atomic mass is 79.9. The molecule has 0 radical (unpaired) electrons. The van der Waals surface area contributed by atoms with Crippen LogP contribution in [0.2, 0.25) is 0 Å². The Kier molecular flexibility index (Phi) is 4.42. The molecule has 1 aliphatic rings. The summed E-state index contributed by atoms with van der Waals surface area (Å²) in [5.41, 5.74) is 1.31. The Balaban J connectivity index is 1.84. The Morgan fingerprint density at radius 3 is 2.62 bits per heavy atom. The molecule has 88 valence electrons. The van der Waals surface area contributed by atoms with Crippen LogP contribution in [0.15, 0.2) is 28.7 Å². The van der Waals surface area contributed by atoms with Gasteiger partial charge in [0.15, 0.2) is 0 Å². The van der Waals surface area contributed by atoms with Crippen LogP contribution in [-0.4, -0.2) is 11.2 Å². The summed E-state index contributed by atoms with van der Waals surface area (Å²) in [5.74, 6) is 0.558. The molecular formula is C14H19BrO. The Labute approximate surface area is 106 Å². The van der Waals surface area contributed by atoms with Crippen molar-refractivity contribution in [2.24, 2.45) is 5.92 Å². The molecule has 1 fully saturated rings. The molecule has 1 aromatic rings. The fourth-order valence-electron chi connectivity index (χ4n) is 2.58. The molecule has 0 aromatic heterocycles. The van der Waals surface area contributed by atoms with Crippen LogP contribution < -0.4 is 0 Å². The van der Waals surface area contributed by atoms with E-state index < -0.39 is 0 Å². The topological polar surface area (TPSA) is 20.2 Å². The fraction of sp³-hybridized carbons (Fsp3) is 0.571. The summed E-state index contributed by atoms with van der Waals surface area (Å²) in [6.07, 6.45) is 6.81. The van der Waals surface area contributed by atoms with Gasteiger partial charge in [-0.1, -0.05) is 47.0 Å². The molecule has 1 nitrogen and oxygen atoms in total. The molecule has 1 aliphatic carbocycles. The molecule has 1 unspecified atom stereocenters. The van der Waals surface area contributed by atoms with Crippen molar-refractivity contribution in [3.63, 3.8) is 0 Å². The third-order valence-corrected chi connectivity index (χ3v) is 4.38. The monoisotopic (exact) mass is 282 g/mol. The normalized spacial score (nSPS) is 18.9. The van der Waals surface area contributed by atoms with Gasteiger partial charge in [-0.05, 0) is 43.2 Å².